The molecule has 0 aliphatic rings. The quantitative estimate of drug-likeness (QED) is 0.629. The second-order valence-electron chi connectivity index (χ2n) is 4.85. The molecule has 19 heavy (non-hydrogen) atoms. The van der Waals surface area contributed by atoms with Crippen LogP contribution in [0.1, 0.15) is 50.7 Å². The van der Waals surface area contributed by atoms with Crippen molar-refractivity contribution < 1.29 is 4.74 Å². The molecule has 3 heteroatoms. The lowest BCUT2D eigenvalue weighted by Gasteiger charge is -2.19. The van der Waals surface area contributed by atoms with E-state index in [0.29, 0.717) is 0 Å². The maximum Gasteiger partial charge on any atom is 0.0959 e. The lowest BCUT2D eigenvalue weighted by atomic mass is 10.1. The number of hydrogen-bond donors (Lipinski definition) is 1. The third-order valence-electron chi connectivity index (χ3n) is 3.21. The fourth-order valence-corrected chi connectivity index (χ4v) is 2.65. The summed E-state index contributed by atoms with van der Waals surface area (Å²) < 4.78 is 7.16. The molecule has 0 bridgehead atoms. The maximum atomic E-state index is 6.04. The van der Waals surface area contributed by atoms with Gasteiger partial charge in [-0.15, -0.1) is 0 Å². The predicted octanol–water partition coefficient (Wildman–Crippen LogP) is 4.70. The minimum Gasteiger partial charge on any atom is -0.372 e. The van der Waals surface area contributed by atoms with E-state index < -0.39 is 0 Å². The summed E-state index contributed by atoms with van der Waals surface area (Å²) in [6.45, 7) is 3.93. The average molecular weight is 328 g/mol. The average Bonchev–Trinajstić information content (AvgIpc) is 2.42. The molecule has 2 nitrogen and oxygen atoms in total. The molecule has 0 aliphatic carbocycles. The third-order valence-corrected chi connectivity index (χ3v) is 3.93. The first-order valence-corrected chi connectivity index (χ1v) is 8.09. The normalized spacial score (nSPS) is 12.6. The highest BCUT2D eigenvalue weighted by molar-refractivity contribution is 9.10. The predicted molar refractivity (Wildman–Crippen MR) is 85.5 cm³/mol. The lowest BCUT2D eigenvalue weighted by Crippen LogP contribution is -2.20. The molecule has 0 saturated carbocycles. The van der Waals surface area contributed by atoms with E-state index in [1.807, 2.05) is 13.1 Å². The van der Waals surface area contributed by atoms with Gasteiger partial charge >= 0.3 is 0 Å². The summed E-state index contributed by atoms with van der Waals surface area (Å²) in [6, 6.07) is 8.30. The van der Waals surface area contributed by atoms with E-state index in [2.05, 4.69) is 46.4 Å². The van der Waals surface area contributed by atoms with Crippen LogP contribution >= 0.6 is 15.9 Å². The van der Waals surface area contributed by atoms with E-state index in [1.54, 1.807) is 0 Å². The molecule has 1 unspecified atom stereocenters. The Kier molecular flexibility index (Phi) is 9.14. The summed E-state index contributed by atoms with van der Waals surface area (Å²) in [5.41, 5.74) is 1.23. The molecule has 0 radical (unpaired) electrons. The Labute approximate surface area is 126 Å². The molecule has 1 atom stereocenters. The number of halogens is 1. The van der Waals surface area contributed by atoms with Gasteiger partial charge in [0.05, 0.1) is 6.10 Å². The van der Waals surface area contributed by atoms with Crippen molar-refractivity contribution >= 4 is 15.9 Å². The molecule has 1 aromatic rings. The van der Waals surface area contributed by atoms with Crippen molar-refractivity contribution in [1.29, 1.82) is 0 Å². The van der Waals surface area contributed by atoms with Crippen molar-refractivity contribution in [3.63, 3.8) is 0 Å². The van der Waals surface area contributed by atoms with Crippen molar-refractivity contribution in [3.05, 3.63) is 34.3 Å². The van der Waals surface area contributed by atoms with Gasteiger partial charge in [0.15, 0.2) is 0 Å². The first-order chi connectivity index (χ1) is 9.29. The number of benzene rings is 1. The number of hydrogen-bond acceptors (Lipinski definition) is 2. The van der Waals surface area contributed by atoms with Crippen LogP contribution in [0.3, 0.4) is 0 Å². The fourth-order valence-electron chi connectivity index (χ4n) is 2.11. The SMILES string of the molecule is CCCCCCCOC(CNC)c1ccccc1Br. The van der Waals surface area contributed by atoms with Gasteiger partial charge in [0, 0.05) is 17.6 Å². The van der Waals surface area contributed by atoms with Crippen LogP contribution in [0.2, 0.25) is 0 Å². The van der Waals surface area contributed by atoms with Crippen LogP contribution < -0.4 is 5.32 Å². The van der Waals surface area contributed by atoms with E-state index >= 15 is 0 Å². The molecule has 0 saturated heterocycles. The van der Waals surface area contributed by atoms with Gasteiger partial charge in [-0.25, -0.2) is 0 Å². The minimum absolute atomic E-state index is 0.131. The Morgan fingerprint density at radius 2 is 1.89 bits per heavy atom. The van der Waals surface area contributed by atoms with Crippen molar-refractivity contribution in [2.75, 3.05) is 20.2 Å². The summed E-state index contributed by atoms with van der Waals surface area (Å²) in [7, 11) is 1.97. The zero-order chi connectivity index (χ0) is 13.9. The first-order valence-electron chi connectivity index (χ1n) is 7.30. The Balaban J connectivity index is 2.39. The summed E-state index contributed by atoms with van der Waals surface area (Å²) in [5.74, 6) is 0. The monoisotopic (exact) mass is 327 g/mol. The summed E-state index contributed by atoms with van der Waals surface area (Å²) >= 11 is 3.60. The Hall–Kier alpha value is -0.380. The van der Waals surface area contributed by atoms with Crippen LogP contribution in [0.4, 0.5) is 0 Å². The molecule has 1 aromatic carbocycles. The van der Waals surface area contributed by atoms with E-state index in [9.17, 15) is 0 Å². The summed E-state index contributed by atoms with van der Waals surface area (Å²) in [6.07, 6.45) is 6.52. The molecular formula is C16H26BrNO. The van der Waals surface area contributed by atoms with Crippen molar-refractivity contribution in [1.82, 2.24) is 5.32 Å². The van der Waals surface area contributed by atoms with Crippen LogP contribution in [-0.2, 0) is 4.74 Å². The van der Waals surface area contributed by atoms with Gasteiger partial charge in [-0.1, -0.05) is 66.7 Å². The molecule has 0 heterocycles. The van der Waals surface area contributed by atoms with E-state index in [0.717, 1.165) is 24.0 Å². The van der Waals surface area contributed by atoms with Crippen molar-refractivity contribution in [2.24, 2.45) is 0 Å². The molecule has 1 rings (SSSR count). The highest BCUT2D eigenvalue weighted by Gasteiger charge is 2.13. The molecule has 108 valence electrons. The summed E-state index contributed by atoms with van der Waals surface area (Å²) in [4.78, 5) is 0. The standard InChI is InChI=1S/C16H26BrNO/c1-3-4-5-6-9-12-19-16(13-18-2)14-10-7-8-11-15(14)17/h7-8,10-11,16,18H,3-6,9,12-13H2,1-2H3. The van der Waals surface area contributed by atoms with Gasteiger partial charge in [0.25, 0.3) is 0 Å². The smallest absolute Gasteiger partial charge is 0.0959 e. The second kappa shape index (κ2) is 10.4. The largest absolute Gasteiger partial charge is 0.372 e. The third kappa shape index (κ3) is 6.55. The summed E-state index contributed by atoms with van der Waals surface area (Å²) in [5, 5.41) is 3.21. The molecule has 0 amide bonds. The van der Waals surface area contributed by atoms with Gasteiger partial charge in [-0.05, 0) is 25.1 Å². The van der Waals surface area contributed by atoms with E-state index in [1.165, 1.54) is 31.2 Å². The van der Waals surface area contributed by atoms with Gasteiger partial charge in [0.2, 0.25) is 0 Å². The van der Waals surface area contributed by atoms with Crippen LogP contribution in [0.25, 0.3) is 0 Å². The number of likely N-dealkylation sites (N-methyl/N-ethyl adjacent to an activating group) is 1. The molecule has 0 spiro atoms. The molecule has 1 N–H and O–H groups in total. The van der Waals surface area contributed by atoms with Crippen LogP contribution in [0.5, 0.6) is 0 Å². The lowest BCUT2D eigenvalue weighted by molar-refractivity contribution is 0.0506. The Morgan fingerprint density at radius 3 is 2.58 bits per heavy atom. The molecular weight excluding hydrogens is 302 g/mol. The van der Waals surface area contributed by atoms with Crippen molar-refractivity contribution in [3.8, 4) is 0 Å². The number of unbranched alkanes of at least 4 members (excludes halogenated alkanes) is 4. The highest BCUT2D eigenvalue weighted by Crippen LogP contribution is 2.25. The number of ether oxygens (including phenoxy) is 1. The maximum absolute atomic E-state index is 6.04. The van der Waals surface area contributed by atoms with Crippen molar-refractivity contribution in [2.45, 2.75) is 45.1 Å². The highest BCUT2D eigenvalue weighted by atomic mass is 79.9. The van der Waals surface area contributed by atoms with E-state index in [-0.39, 0.29) is 6.10 Å². The molecule has 0 aliphatic heterocycles. The second-order valence-corrected chi connectivity index (χ2v) is 5.71. The van der Waals surface area contributed by atoms with Crippen LogP contribution in [0, 0.1) is 0 Å². The van der Waals surface area contributed by atoms with Gasteiger partial charge in [-0.3, -0.25) is 0 Å². The Bertz CT molecular complexity index is 343. The van der Waals surface area contributed by atoms with Gasteiger partial charge in [0.1, 0.15) is 0 Å². The molecule has 0 aromatic heterocycles. The molecule has 0 fully saturated rings. The van der Waals surface area contributed by atoms with Crippen LogP contribution in [0.15, 0.2) is 28.7 Å². The number of rotatable bonds is 10. The van der Waals surface area contributed by atoms with Gasteiger partial charge < -0.3 is 10.1 Å². The van der Waals surface area contributed by atoms with Crippen LogP contribution in [-0.4, -0.2) is 20.2 Å². The first kappa shape index (κ1) is 16.7. The number of nitrogens with one attached hydrogen (secondary N) is 1. The fraction of sp³-hybridized carbons (Fsp3) is 0.625. The zero-order valence-corrected chi connectivity index (χ0v) is 13.7. The minimum atomic E-state index is 0.131. The zero-order valence-electron chi connectivity index (χ0n) is 12.1. The van der Waals surface area contributed by atoms with E-state index in [4.69, 9.17) is 4.74 Å². The topological polar surface area (TPSA) is 21.3 Å². The van der Waals surface area contributed by atoms with Gasteiger partial charge in [-0.2, -0.15) is 0 Å². The Morgan fingerprint density at radius 1 is 1.16 bits per heavy atom.